The number of benzene rings is 1. The van der Waals surface area contributed by atoms with Gasteiger partial charge in [0.05, 0.1) is 11.1 Å². The molecule has 2 nitrogen and oxygen atoms in total. The van der Waals surface area contributed by atoms with E-state index in [0.29, 0.717) is 11.4 Å². The van der Waals surface area contributed by atoms with Crippen LogP contribution in [0.25, 0.3) is 0 Å². The quantitative estimate of drug-likeness (QED) is 0.891. The van der Waals surface area contributed by atoms with E-state index in [1.54, 1.807) is 12.1 Å². The lowest BCUT2D eigenvalue weighted by Crippen LogP contribution is -2.60. The van der Waals surface area contributed by atoms with Crippen LogP contribution >= 0.6 is 11.6 Å². The molecule has 2 atom stereocenters. The van der Waals surface area contributed by atoms with Crippen molar-refractivity contribution in [3.63, 3.8) is 0 Å². The van der Waals surface area contributed by atoms with Gasteiger partial charge in [-0.15, -0.1) is 0 Å². The summed E-state index contributed by atoms with van der Waals surface area (Å²) in [6.07, 6.45) is 5.51. The van der Waals surface area contributed by atoms with Gasteiger partial charge in [0.25, 0.3) is 0 Å². The summed E-state index contributed by atoms with van der Waals surface area (Å²) >= 11 is 5.99. The van der Waals surface area contributed by atoms with Gasteiger partial charge in [-0.2, -0.15) is 0 Å². The molecule has 3 rings (SSSR count). The van der Waals surface area contributed by atoms with E-state index in [2.05, 4.69) is 0 Å². The van der Waals surface area contributed by atoms with E-state index in [4.69, 9.17) is 16.3 Å². The van der Waals surface area contributed by atoms with E-state index < -0.39 is 5.82 Å². The predicted molar refractivity (Wildman–Crippen MR) is 72.0 cm³/mol. The molecule has 104 valence electrons. The third-order valence-corrected chi connectivity index (χ3v) is 5.00. The number of hydrogen-bond acceptors (Lipinski definition) is 2. The molecule has 0 radical (unpaired) electrons. The molecular weight excluding hydrogens is 267 g/mol. The van der Waals surface area contributed by atoms with E-state index in [-0.39, 0.29) is 23.4 Å². The van der Waals surface area contributed by atoms with E-state index in [0.717, 1.165) is 25.7 Å². The summed E-state index contributed by atoms with van der Waals surface area (Å²) in [5, 5.41) is 10.4. The van der Waals surface area contributed by atoms with Crippen LogP contribution in [0, 0.1) is 11.2 Å². The summed E-state index contributed by atoms with van der Waals surface area (Å²) in [4.78, 5) is 0. The van der Waals surface area contributed by atoms with Crippen molar-refractivity contribution in [3.05, 3.63) is 29.0 Å². The summed E-state index contributed by atoms with van der Waals surface area (Å²) in [6.45, 7) is 0. The van der Waals surface area contributed by atoms with Gasteiger partial charge in [0.1, 0.15) is 6.10 Å². The molecular formula is C15H18ClFO2. The molecule has 19 heavy (non-hydrogen) atoms. The lowest BCUT2D eigenvalue weighted by molar-refractivity contribution is -0.172. The zero-order valence-electron chi connectivity index (χ0n) is 10.7. The summed E-state index contributed by atoms with van der Waals surface area (Å²) < 4.78 is 19.6. The number of halogens is 2. The molecule has 1 aromatic rings. The van der Waals surface area contributed by atoms with Gasteiger partial charge in [-0.05, 0) is 25.0 Å². The molecule has 0 aliphatic heterocycles. The standard InChI is InChI=1S/C15H18ClFO2/c16-10-5-4-6-11(17)14(10)19-13-9-12(18)15(13)7-2-1-3-8-15/h4-6,12-13,18H,1-3,7-9H2. The van der Waals surface area contributed by atoms with E-state index in [1.807, 2.05) is 0 Å². The first kappa shape index (κ1) is 13.2. The Bertz CT molecular complexity index is 451. The highest BCUT2D eigenvalue weighted by Gasteiger charge is 2.56. The minimum Gasteiger partial charge on any atom is -0.485 e. The fraction of sp³-hybridized carbons (Fsp3) is 0.600. The van der Waals surface area contributed by atoms with Gasteiger partial charge in [-0.25, -0.2) is 4.39 Å². The Morgan fingerprint density at radius 3 is 2.63 bits per heavy atom. The number of hydrogen-bond donors (Lipinski definition) is 1. The first-order valence-corrected chi connectivity index (χ1v) is 7.30. The van der Waals surface area contributed by atoms with Gasteiger partial charge < -0.3 is 9.84 Å². The van der Waals surface area contributed by atoms with Crippen molar-refractivity contribution in [1.82, 2.24) is 0 Å². The zero-order chi connectivity index (χ0) is 13.5. The lowest BCUT2D eigenvalue weighted by Gasteiger charge is -2.55. The van der Waals surface area contributed by atoms with Crippen molar-refractivity contribution in [2.45, 2.75) is 50.7 Å². The van der Waals surface area contributed by atoms with Gasteiger partial charge in [0, 0.05) is 11.8 Å². The Morgan fingerprint density at radius 2 is 2.00 bits per heavy atom. The van der Waals surface area contributed by atoms with Gasteiger partial charge in [0.15, 0.2) is 11.6 Å². The SMILES string of the molecule is OC1CC(Oc2c(F)cccc2Cl)C12CCCCC2. The van der Waals surface area contributed by atoms with Crippen LogP contribution < -0.4 is 4.74 Å². The molecule has 1 aromatic carbocycles. The highest BCUT2D eigenvalue weighted by atomic mass is 35.5. The van der Waals surface area contributed by atoms with Crippen molar-refractivity contribution in [2.75, 3.05) is 0 Å². The first-order valence-electron chi connectivity index (χ1n) is 6.92. The predicted octanol–water partition coefficient (Wildman–Crippen LogP) is 3.94. The Morgan fingerprint density at radius 1 is 1.26 bits per heavy atom. The smallest absolute Gasteiger partial charge is 0.173 e. The van der Waals surface area contributed by atoms with Crippen LogP contribution in [-0.4, -0.2) is 17.3 Å². The molecule has 0 amide bonds. The highest BCUT2D eigenvalue weighted by molar-refractivity contribution is 6.32. The maximum absolute atomic E-state index is 13.8. The maximum Gasteiger partial charge on any atom is 0.173 e. The molecule has 1 spiro atoms. The summed E-state index contributed by atoms with van der Waals surface area (Å²) in [5.74, 6) is -0.300. The molecule has 2 aliphatic rings. The molecule has 0 heterocycles. The number of aliphatic hydroxyl groups excluding tert-OH is 1. The summed E-state index contributed by atoms with van der Waals surface area (Å²) in [5.41, 5.74) is -0.177. The molecule has 4 heteroatoms. The van der Waals surface area contributed by atoms with E-state index in [9.17, 15) is 9.50 Å². The van der Waals surface area contributed by atoms with Gasteiger partial charge in [0.2, 0.25) is 0 Å². The number of aliphatic hydroxyl groups is 1. The van der Waals surface area contributed by atoms with Crippen molar-refractivity contribution < 1.29 is 14.2 Å². The number of para-hydroxylation sites is 1. The fourth-order valence-electron chi connectivity index (χ4n) is 3.49. The average molecular weight is 285 g/mol. The second kappa shape index (κ2) is 4.95. The normalized spacial score (nSPS) is 29.0. The zero-order valence-corrected chi connectivity index (χ0v) is 11.5. The topological polar surface area (TPSA) is 29.5 Å². The molecule has 2 saturated carbocycles. The van der Waals surface area contributed by atoms with Crippen molar-refractivity contribution in [2.24, 2.45) is 5.41 Å². The Hall–Kier alpha value is -0.800. The largest absolute Gasteiger partial charge is 0.485 e. The van der Waals surface area contributed by atoms with Crippen LogP contribution in [0.15, 0.2) is 18.2 Å². The third-order valence-electron chi connectivity index (χ3n) is 4.71. The van der Waals surface area contributed by atoms with Gasteiger partial charge in [-0.1, -0.05) is 36.9 Å². The van der Waals surface area contributed by atoms with Crippen molar-refractivity contribution in [1.29, 1.82) is 0 Å². The Labute approximate surface area is 117 Å². The minimum absolute atomic E-state index is 0.114. The van der Waals surface area contributed by atoms with Crippen LogP contribution in [0.3, 0.4) is 0 Å². The number of ether oxygens (including phenoxy) is 1. The van der Waals surface area contributed by atoms with Crippen molar-refractivity contribution in [3.8, 4) is 5.75 Å². The number of rotatable bonds is 2. The van der Waals surface area contributed by atoms with E-state index in [1.165, 1.54) is 12.5 Å². The highest BCUT2D eigenvalue weighted by Crippen LogP contribution is 2.53. The van der Waals surface area contributed by atoms with Crippen LogP contribution in [0.5, 0.6) is 5.75 Å². The van der Waals surface area contributed by atoms with Crippen LogP contribution in [-0.2, 0) is 0 Å². The molecule has 2 aliphatic carbocycles. The average Bonchev–Trinajstić information content (AvgIpc) is 2.43. The summed E-state index contributed by atoms with van der Waals surface area (Å²) in [7, 11) is 0. The van der Waals surface area contributed by atoms with Gasteiger partial charge >= 0.3 is 0 Å². The molecule has 0 bridgehead atoms. The van der Waals surface area contributed by atoms with Crippen LogP contribution in [0.2, 0.25) is 5.02 Å². The van der Waals surface area contributed by atoms with Crippen LogP contribution in [0.4, 0.5) is 4.39 Å². The maximum atomic E-state index is 13.8. The minimum atomic E-state index is -0.431. The first-order chi connectivity index (χ1) is 9.13. The monoisotopic (exact) mass is 284 g/mol. The lowest BCUT2D eigenvalue weighted by atomic mass is 9.56. The second-order valence-corrected chi connectivity index (χ2v) is 6.11. The Kier molecular flexibility index (Phi) is 3.44. The molecule has 1 N–H and O–H groups in total. The summed E-state index contributed by atoms with van der Waals surface area (Å²) in [6, 6.07) is 4.54. The fourth-order valence-corrected chi connectivity index (χ4v) is 3.70. The van der Waals surface area contributed by atoms with Crippen molar-refractivity contribution >= 4 is 11.6 Å². The van der Waals surface area contributed by atoms with E-state index >= 15 is 0 Å². The Balaban J connectivity index is 1.80. The third kappa shape index (κ3) is 2.13. The van der Waals surface area contributed by atoms with Gasteiger partial charge in [-0.3, -0.25) is 0 Å². The molecule has 2 fully saturated rings. The second-order valence-electron chi connectivity index (χ2n) is 5.70. The van der Waals surface area contributed by atoms with Crippen LogP contribution in [0.1, 0.15) is 38.5 Å². The molecule has 0 aromatic heterocycles. The molecule has 0 saturated heterocycles. The molecule has 2 unspecified atom stereocenters.